The lowest BCUT2D eigenvalue weighted by molar-refractivity contribution is 0.669. The van der Waals surface area contributed by atoms with E-state index in [9.17, 15) is 0 Å². The van der Waals surface area contributed by atoms with Crippen LogP contribution in [0.4, 0.5) is 17.3 Å². The summed E-state index contributed by atoms with van der Waals surface area (Å²) in [6, 6.07) is 59.2. The van der Waals surface area contributed by atoms with Gasteiger partial charge in [-0.25, -0.2) is 9.97 Å². The molecule has 10 rings (SSSR count). The highest BCUT2D eigenvalue weighted by atomic mass is 16.3. The van der Waals surface area contributed by atoms with Gasteiger partial charge in [0.2, 0.25) is 5.95 Å². The maximum atomic E-state index is 6.35. The molecular formula is C46H30N4O. The molecule has 0 aliphatic rings. The van der Waals surface area contributed by atoms with Crippen LogP contribution in [0.5, 0.6) is 0 Å². The molecular weight excluding hydrogens is 625 g/mol. The summed E-state index contributed by atoms with van der Waals surface area (Å²) in [4.78, 5) is 12.1. The SMILES string of the molecule is c1ccc(-c2ccc(-c3cnc(N(c4ccc5c(c4)oc4ccccc45)c4ccc5c6ccccc6n(-c6ccccc6)c5c4)nc3)cc2)cc1. The van der Waals surface area contributed by atoms with Crippen molar-refractivity contribution in [1.82, 2.24) is 14.5 Å². The van der Waals surface area contributed by atoms with Crippen LogP contribution >= 0.6 is 0 Å². The maximum Gasteiger partial charge on any atom is 0.234 e. The van der Waals surface area contributed by atoms with Crippen molar-refractivity contribution >= 4 is 61.1 Å². The molecule has 3 heterocycles. The predicted molar refractivity (Wildman–Crippen MR) is 209 cm³/mol. The first-order valence-corrected chi connectivity index (χ1v) is 17.1. The Morgan fingerprint density at radius 1 is 0.412 bits per heavy atom. The summed E-state index contributed by atoms with van der Waals surface area (Å²) in [5.74, 6) is 0.567. The Labute approximate surface area is 294 Å². The van der Waals surface area contributed by atoms with Gasteiger partial charge in [0, 0.05) is 51.3 Å². The van der Waals surface area contributed by atoms with Crippen molar-refractivity contribution in [3.63, 3.8) is 0 Å². The zero-order chi connectivity index (χ0) is 33.7. The van der Waals surface area contributed by atoms with Gasteiger partial charge in [-0.15, -0.1) is 0 Å². The molecule has 7 aromatic carbocycles. The molecule has 51 heavy (non-hydrogen) atoms. The number of rotatable bonds is 6. The first kappa shape index (κ1) is 29.0. The van der Waals surface area contributed by atoms with E-state index >= 15 is 0 Å². The topological polar surface area (TPSA) is 47.1 Å². The fraction of sp³-hybridized carbons (Fsp3) is 0. The van der Waals surface area contributed by atoms with Gasteiger partial charge in [0.1, 0.15) is 11.2 Å². The van der Waals surface area contributed by atoms with E-state index in [1.54, 1.807) is 0 Å². The Morgan fingerprint density at radius 2 is 0.961 bits per heavy atom. The molecule has 10 aromatic rings. The summed E-state index contributed by atoms with van der Waals surface area (Å²) in [5, 5.41) is 4.56. The highest BCUT2D eigenvalue weighted by molar-refractivity contribution is 6.10. The van der Waals surface area contributed by atoms with E-state index in [2.05, 4.69) is 155 Å². The minimum Gasteiger partial charge on any atom is -0.456 e. The average molecular weight is 655 g/mol. The lowest BCUT2D eigenvalue weighted by Crippen LogP contribution is -2.13. The van der Waals surface area contributed by atoms with Crippen molar-refractivity contribution in [2.75, 3.05) is 4.90 Å². The predicted octanol–water partition coefficient (Wildman–Crippen LogP) is 12.3. The third kappa shape index (κ3) is 4.94. The molecule has 240 valence electrons. The third-order valence-electron chi connectivity index (χ3n) is 9.71. The van der Waals surface area contributed by atoms with E-state index in [0.717, 1.165) is 61.2 Å². The highest BCUT2D eigenvalue weighted by Crippen LogP contribution is 2.40. The van der Waals surface area contributed by atoms with E-state index < -0.39 is 0 Å². The van der Waals surface area contributed by atoms with Gasteiger partial charge in [0.15, 0.2) is 0 Å². The molecule has 0 amide bonds. The Kier molecular flexibility index (Phi) is 6.74. The van der Waals surface area contributed by atoms with Crippen molar-refractivity contribution in [3.8, 4) is 27.9 Å². The third-order valence-corrected chi connectivity index (χ3v) is 9.71. The number of anilines is 3. The lowest BCUT2D eigenvalue weighted by atomic mass is 10.0. The summed E-state index contributed by atoms with van der Waals surface area (Å²) < 4.78 is 8.68. The zero-order valence-electron chi connectivity index (χ0n) is 27.5. The van der Waals surface area contributed by atoms with E-state index in [0.29, 0.717) is 5.95 Å². The highest BCUT2D eigenvalue weighted by Gasteiger charge is 2.20. The molecule has 3 aromatic heterocycles. The Morgan fingerprint density at radius 3 is 1.73 bits per heavy atom. The fourth-order valence-corrected chi connectivity index (χ4v) is 7.26. The van der Waals surface area contributed by atoms with Crippen molar-refractivity contribution in [2.45, 2.75) is 0 Å². The Balaban J connectivity index is 1.12. The normalized spacial score (nSPS) is 11.5. The lowest BCUT2D eigenvalue weighted by Gasteiger charge is -2.23. The van der Waals surface area contributed by atoms with Gasteiger partial charge in [0.25, 0.3) is 0 Å². The van der Waals surface area contributed by atoms with E-state index in [-0.39, 0.29) is 0 Å². The summed E-state index contributed by atoms with van der Waals surface area (Å²) in [7, 11) is 0. The van der Waals surface area contributed by atoms with Gasteiger partial charge >= 0.3 is 0 Å². The number of nitrogens with zero attached hydrogens (tertiary/aromatic N) is 4. The second-order valence-corrected chi connectivity index (χ2v) is 12.7. The number of fused-ring (bicyclic) bond motifs is 6. The van der Waals surface area contributed by atoms with E-state index in [4.69, 9.17) is 14.4 Å². The van der Waals surface area contributed by atoms with Gasteiger partial charge in [-0.2, -0.15) is 0 Å². The molecule has 0 aliphatic carbocycles. The van der Waals surface area contributed by atoms with Gasteiger partial charge in [-0.3, -0.25) is 4.90 Å². The number of benzene rings is 7. The maximum absolute atomic E-state index is 6.35. The van der Waals surface area contributed by atoms with Crippen molar-refractivity contribution < 1.29 is 4.42 Å². The van der Waals surface area contributed by atoms with E-state index in [1.807, 2.05) is 36.7 Å². The summed E-state index contributed by atoms with van der Waals surface area (Å²) >= 11 is 0. The van der Waals surface area contributed by atoms with Gasteiger partial charge in [0.05, 0.1) is 22.4 Å². The zero-order valence-corrected chi connectivity index (χ0v) is 27.5. The number of aromatic nitrogens is 3. The molecule has 5 nitrogen and oxygen atoms in total. The van der Waals surface area contributed by atoms with Crippen molar-refractivity contribution in [1.29, 1.82) is 0 Å². The summed E-state index contributed by atoms with van der Waals surface area (Å²) in [6.07, 6.45) is 3.82. The molecule has 0 saturated heterocycles. The minimum absolute atomic E-state index is 0.567. The second-order valence-electron chi connectivity index (χ2n) is 12.7. The molecule has 0 radical (unpaired) electrons. The minimum atomic E-state index is 0.567. The fourth-order valence-electron chi connectivity index (χ4n) is 7.26. The average Bonchev–Trinajstić information content (AvgIpc) is 3.74. The largest absolute Gasteiger partial charge is 0.456 e. The monoisotopic (exact) mass is 654 g/mol. The quantitative estimate of drug-likeness (QED) is 0.179. The van der Waals surface area contributed by atoms with Crippen molar-refractivity contribution in [2.24, 2.45) is 0 Å². The number of furan rings is 1. The summed E-state index contributed by atoms with van der Waals surface area (Å²) in [6.45, 7) is 0. The molecule has 5 heteroatoms. The molecule has 0 saturated carbocycles. The summed E-state index contributed by atoms with van der Waals surface area (Å²) in [5.41, 5.74) is 11.3. The molecule has 0 N–H and O–H groups in total. The molecule has 0 fully saturated rings. The van der Waals surface area contributed by atoms with Crippen LogP contribution in [0.3, 0.4) is 0 Å². The van der Waals surface area contributed by atoms with Crippen LogP contribution in [0.25, 0.3) is 71.7 Å². The van der Waals surface area contributed by atoms with Crippen LogP contribution in [0.1, 0.15) is 0 Å². The van der Waals surface area contributed by atoms with Gasteiger partial charge in [-0.05, 0) is 65.2 Å². The molecule has 0 unspecified atom stereocenters. The van der Waals surface area contributed by atoms with Crippen LogP contribution in [0.2, 0.25) is 0 Å². The van der Waals surface area contributed by atoms with Crippen LogP contribution in [-0.4, -0.2) is 14.5 Å². The smallest absolute Gasteiger partial charge is 0.234 e. The number of hydrogen-bond donors (Lipinski definition) is 0. The standard InChI is InChI=1S/C46H30N4O/c1-3-11-31(12-4-1)32-19-21-33(22-20-32)34-29-47-46(48-30-34)49(37-24-26-41-40-16-8-10-18-44(40)51-45(41)28-37)36-23-25-39-38-15-7-9-17-42(38)50(43(39)27-36)35-13-5-2-6-14-35/h1-30H. The van der Waals surface area contributed by atoms with Crippen LogP contribution in [0.15, 0.2) is 187 Å². The van der Waals surface area contributed by atoms with Gasteiger partial charge in [-0.1, -0.05) is 115 Å². The van der Waals surface area contributed by atoms with E-state index in [1.165, 1.54) is 21.9 Å². The first-order valence-electron chi connectivity index (χ1n) is 17.1. The van der Waals surface area contributed by atoms with Crippen molar-refractivity contribution in [3.05, 3.63) is 182 Å². The second kappa shape index (κ2) is 11.9. The Bertz CT molecular complexity index is 2840. The number of para-hydroxylation sites is 3. The Hall–Kier alpha value is -6.98. The van der Waals surface area contributed by atoms with Crippen LogP contribution < -0.4 is 4.90 Å². The van der Waals surface area contributed by atoms with Gasteiger partial charge < -0.3 is 8.98 Å². The van der Waals surface area contributed by atoms with Crippen LogP contribution in [-0.2, 0) is 0 Å². The number of hydrogen-bond acceptors (Lipinski definition) is 4. The molecule has 0 spiro atoms. The molecule has 0 bridgehead atoms. The molecule has 0 atom stereocenters. The molecule has 0 aliphatic heterocycles. The van der Waals surface area contributed by atoms with Crippen LogP contribution in [0, 0.1) is 0 Å². The first-order chi connectivity index (χ1) is 25.3.